The second-order valence-corrected chi connectivity index (χ2v) is 5.23. The van der Waals surface area contributed by atoms with Gasteiger partial charge >= 0.3 is 6.18 Å². The van der Waals surface area contributed by atoms with Crippen LogP contribution in [0.1, 0.15) is 16.7 Å². The van der Waals surface area contributed by atoms with Crippen molar-refractivity contribution in [2.45, 2.75) is 12.7 Å². The Labute approximate surface area is 147 Å². The molecule has 0 radical (unpaired) electrons. The molecular formula is C18H12BrF3N2. The Morgan fingerprint density at radius 1 is 1.00 bits per heavy atom. The summed E-state index contributed by atoms with van der Waals surface area (Å²) in [6.45, 7) is 0.264. The Morgan fingerprint density at radius 3 is 2.46 bits per heavy atom. The molecule has 0 amide bonds. The van der Waals surface area contributed by atoms with Crippen molar-refractivity contribution in [1.82, 2.24) is 0 Å². The van der Waals surface area contributed by atoms with E-state index in [0.717, 1.165) is 23.0 Å². The third-order valence-corrected chi connectivity index (χ3v) is 3.59. The first-order valence-electron chi connectivity index (χ1n) is 6.96. The fraction of sp³-hybridized carbons (Fsp3) is 0.111. The van der Waals surface area contributed by atoms with Crippen molar-refractivity contribution >= 4 is 10.9 Å². The highest BCUT2D eigenvalue weighted by molar-refractivity contribution is 5.76. The van der Waals surface area contributed by atoms with Crippen LogP contribution in [0.2, 0.25) is 0 Å². The van der Waals surface area contributed by atoms with E-state index in [1.807, 2.05) is 24.3 Å². The first-order chi connectivity index (χ1) is 11.0. The van der Waals surface area contributed by atoms with Gasteiger partial charge in [-0.05, 0) is 24.3 Å². The van der Waals surface area contributed by atoms with Crippen molar-refractivity contribution in [1.29, 1.82) is 5.26 Å². The van der Waals surface area contributed by atoms with Gasteiger partial charge in [0.25, 0.3) is 0 Å². The van der Waals surface area contributed by atoms with E-state index >= 15 is 0 Å². The normalized spacial score (nSPS) is 10.9. The monoisotopic (exact) mass is 392 g/mol. The lowest BCUT2D eigenvalue weighted by Gasteiger charge is -2.08. The summed E-state index contributed by atoms with van der Waals surface area (Å²) in [4.78, 5) is 0. The van der Waals surface area contributed by atoms with Gasteiger partial charge in [-0.15, -0.1) is 0 Å². The highest BCUT2D eigenvalue weighted by Crippen LogP contribution is 2.29. The van der Waals surface area contributed by atoms with E-state index in [-0.39, 0.29) is 23.5 Å². The molecule has 0 aliphatic rings. The quantitative estimate of drug-likeness (QED) is 0.599. The van der Waals surface area contributed by atoms with Gasteiger partial charge in [-0.3, -0.25) is 0 Å². The number of aromatic nitrogens is 1. The van der Waals surface area contributed by atoms with Crippen molar-refractivity contribution in [3.63, 3.8) is 0 Å². The van der Waals surface area contributed by atoms with E-state index in [2.05, 4.69) is 6.07 Å². The minimum Gasteiger partial charge on any atom is -1.00 e. The zero-order chi connectivity index (χ0) is 16.4. The number of nitrogens with zero attached hydrogens (tertiary/aromatic N) is 2. The van der Waals surface area contributed by atoms with Crippen molar-refractivity contribution in [2.24, 2.45) is 0 Å². The summed E-state index contributed by atoms with van der Waals surface area (Å²) >= 11 is 0. The Bertz CT molecular complexity index is 914. The number of rotatable bonds is 2. The molecule has 0 spiro atoms. The fourth-order valence-corrected chi connectivity index (χ4v) is 2.55. The number of pyridine rings is 1. The second kappa shape index (κ2) is 7.02. The predicted octanol–water partition coefficient (Wildman–Crippen LogP) is 1.07. The van der Waals surface area contributed by atoms with Crippen molar-refractivity contribution in [2.75, 3.05) is 0 Å². The Balaban J connectivity index is 0.00000208. The maximum Gasteiger partial charge on any atom is 0.416 e. The van der Waals surface area contributed by atoms with Crippen LogP contribution >= 0.6 is 0 Å². The molecule has 0 fully saturated rings. The van der Waals surface area contributed by atoms with Gasteiger partial charge in [0.1, 0.15) is 11.6 Å². The van der Waals surface area contributed by atoms with Crippen LogP contribution in [0.4, 0.5) is 13.2 Å². The summed E-state index contributed by atoms with van der Waals surface area (Å²) in [5.74, 6) is 0. The Morgan fingerprint density at radius 2 is 1.75 bits per heavy atom. The summed E-state index contributed by atoms with van der Waals surface area (Å²) in [6.07, 6.45) is -2.71. The molecular weight excluding hydrogens is 381 g/mol. The average Bonchev–Trinajstić information content (AvgIpc) is 2.54. The van der Waals surface area contributed by atoms with E-state index in [1.54, 1.807) is 22.9 Å². The van der Waals surface area contributed by atoms with Gasteiger partial charge < -0.3 is 17.0 Å². The zero-order valence-corrected chi connectivity index (χ0v) is 14.0. The number of nitriles is 1. The molecule has 0 saturated heterocycles. The van der Waals surface area contributed by atoms with E-state index in [4.69, 9.17) is 5.26 Å². The Hall–Kier alpha value is -2.39. The first-order valence-corrected chi connectivity index (χ1v) is 6.96. The lowest BCUT2D eigenvalue weighted by molar-refractivity contribution is -0.662. The van der Waals surface area contributed by atoms with E-state index in [1.165, 1.54) is 6.07 Å². The number of benzene rings is 2. The highest BCUT2D eigenvalue weighted by atomic mass is 79.9. The smallest absolute Gasteiger partial charge is 0.416 e. The topological polar surface area (TPSA) is 27.7 Å². The molecule has 0 saturated carbocycles. The molecule has 0 N–H and O–H groups in total. The van der Waals surface area contributed by atoms with Gasteiger partial charge in [0.2, 0.25) is 5.52 Å². The van der Waals surface area contributed by atoms with Gasteiger partial charge in [0.05, 0.1) is 5.56 Å². The summed E-state index contributed by atoms with van der Waals surface area (Å²) < 4.78 is 40.3. The summed E-state index contributed by atoms with van der Waals surface area (Å²) in [6, 6.07) is 16.6. The van der Waals surface area contributed by atoms with E-state index < -0.39 is 11.7 Å². The number of hydrogen-bond donors (Lipinski definition) is 0. The summed E-state index contributed by atoms with van der Waals surface area (Å²) in [5, 5.41) is 10.00. The molecule has 24 heavy (non-hydrogen) atoms. The minimum atomic E-state index is -4.36. The zero-order valence-electron chi connectivity index (χ0n) is 12.4. The molecule has 2 nitrogen and oxygen atoms in total. The number of halogens is 4. The van der Waals surface area contributed by atoms with Crippen molar-refractivity contribution < 1.29 is 34.7 Å². The van der Waals surface area contributed by atoms with Crippen LogP contribution in [0.25, 0.3) is 10.9 Å². The van der Waals surface area contributed by atoms with Gasteiger partial charge in [-0.25, -0.2) is 0 Å². The van der Waals surface area contributed by atoms with Gasteiger partial charge in [0.15, 0.2) is 12.7 Å². The molecule has 0 aliphatic heterocycles. The van der Waals surface area contributed by atoms with Crippen LogP contribution in [0.5, 0.6) is 0 Å². The van der Waals surface area contributed by atoms with Gasteiger partial charge in [-0.2, -0.15) is 23.0 Å². The molecule has 122 valence electrons. The predicted molar refractivity (Wildman–Crippen MR) is 79.4 cm³/mol. The largest absolute Gasteiger partial charge is 1.00 e. The first kappa shape index (κ1) is 18.0. The maximum absolute atomic E-state index is 12.8. The van der Waals surface area contributed by atoms with Gasteiger partial charge in [0, 0.05) is 17.0 Å². The number of hydrogen-bond acceptors (Lipinski definition) is 1. The van der Waals surface area contributed by atoms with Crippen LogP contribution in [0.3, 0.4) is 0 Å². The number of alkyl halides is 3. The number of para-hydroxylation sites is 1. The van der Waals surface area contributed by atoms with Crippen molar-refractivity contribution in [3.05, 3.63) is 77.5 Å². The molecule has 0 unspecified atom stereocenters. The van der Waals surface area contributed by atoms with Crippen LogP contribution in [0.15, 0.2) is 60.8 Å². The Kier molecular flexibility index (Phi) is 5.25. The molecule has 0 aliphatic carbocycles. The van der Waals surface area contributed by atoms with Crippen LogP contribution in [-0.2, 0) is 12.7 Å². The minimum absolute atomic E-state index is 0. The maximum atomic E-state index is 12.8. The standard InChI is InChI=1S/C18H12F3N2.BrH/c19-18(20,21)16-6-3-4-13(9-16)11-23-12-14(10-22)8-15-5-1-2-7-17(15)23;/h1-9,12H,11H2;1H/q+1;/p-1. The van der Waals surface area contributed by atoms with E-state index in [0.29, 0.717) is 11.1 Å². The average molecular weight is 393 g/mol. The highest BCUT2D eigenvalue weighted by Gasteiger charge is 2.30. The van der Waals surface area contributed by atoms with E-state index in [9.17, 15) is 13.2 Å². The molecule has 0 bridgehead atoms. The molecule has 6 heteroatoms. The van der Waals surface area contributed by atoms with Gasteiger partial charge in [-0.1, -0.05) is 24.3 Å². The summed E-state index contributed by atoms with van der Waals surface area (Å²) in [5.41, 5.74) is 1.20. The molecule has 3 aromatic rings. The molecule has 2 aromatic carbocycles. The van der Waals surface area contributed by atoms with Crippen LogP contribution < -0.4 is 21.5 Å². The fourth-order valence-electron chi connectivity index (χ4n) is 2.55. The SMILES string of the molecule is N#Cc1cc2ccccc2[n+](Cc2cccc(C(F)(F)F)c2)c1.[Br-]. The third kappa shape index (κ3) is 3.74. The number of fused-ring (bicyclic) bond motifs is 1. The molecule has 3 rings (SSSR count). The molecule has 1 heterocycles. The molecule has 1 aromatic heterocycles. The van der Waals surface area contributed by atoms with Crippen molar-refractivity contribution in [3.8, 4) is 6.07 Å². The third-order valence-electron chi connectivity index (χ3n) is 3.59. The van der Waals surface area contributed by atoms with Crippen LogP contribution in [0, 0.1) is 11.3 Å². The molecule has 0 atom stereocenters. The lowest BCUT2D eigenvalue weighted by atomic mass is 10.1. The lowest BCUT2D eigenvalue weighted by Crippen LogP contribution is -3.00. The summed E-state index contributed by atoms with van der Waals surface area (Å²) in [7, 11) is 0. The second-order valence-electron chi connectivity index (χ2n) is 5.23. The van der Waals surface area contributed by atoms with Crippen LogP contribution in [-0.4, -0.2) is 0 Å².